The molecule has 3 amide bonds. The molecule has 5 aliphatic heterocycles. The van der Waals surface area contributed by atoms with Crippen LogP contribution in [0.5, 0.6) is 11.5 Å². The monoisotopic (exact) mass is 1000 g/mol. The van der Waals surface area contributed by atoms with Gasteiger partial charge in [-0.1, -0.05) is 12.1 Å². The number of likely N-dealkylation sites (tertiary alicyclic amines) is 1. The molecule has 20 heteroatoms. The maximum absolute atomic E-state index is 15.2. The highest BCUT2D eigenvalue weighted by Crippen LogP contribution is 2.38. The SMILES string of the molecule is N#Cc1c(NS(=O)(=O)N2CC[C@@H](F)C2)ccc(F)c1Oc1ccc2ncn(-c3ccc(C4CCN(C5CC(OC6CCN(c7ccc8c(c7)CN(C7CCC(=O)NC7=O)C8=O)CC6)C5)CC4)cc3)c(=O)c2c1. The highest BCUT2D eigenvalue weighted by molar-refractivity contribution is 7.90. The van der Waals surface area contributed by atoms with Gasteiger partial charge < -0.3 is 24.2 Å². The molecular weight excluding hydrogens is 949 g/mol. The molecule has 4 aromatic carbocycles. The van der Waals surface area contributed by atoms with E-state index < -0.39 is 51.0 Å². The van der Waals surface area contributed by atoms with Crippen LogP contribution in [0.4, 0.5) is 20.2 Å². The molecule has 1 unspecified atom stereocenters. The molecule has 2 atom stereocenters. The van der Waals surface area contributed by atoms with Gasteiger partial charge in [-0.3, -0.25) is 33.8 Å². The molecule has 4 saturated heterocycles. The van der Waals surface area contributed by atoms with Crippen LogP contribution in [-0.4, -0.2) is 120 Å². The van der Waals surface area contributed by atoms with E-state index in [4.69, 9.17) is 9.47 Å². The van der Waals surface area contributed by atoms with Gasteiger partial charge in [-0.15, -0.1) is 0 Å². The average molecular weight is 1000 g/mol. The predicted molar refractivity (Wildman–Crippen MR) is 261 cm³/mol. The number of halogens is 2. The zero-order valence-corrected chi connectivity index (χ0v) is 40.2. The first kappa shape index (κ1) is 47.5. The van der Waals surface area contributed by atoms with Crippen molar-refractivity contribution in [2.75, 3.05) is 48.9 Å². The highest BCUT2D eigenvalue weighted by Gasteiger charge is 2.41. The number of hydrogen-bond donors (Lipinski definition) is 2. The predicted octanol–water partition coefficient (Wildman–Crippen LogP) is 6.05. The number of nitriles is 1. The summed E-state index contributed by atoms with van der Waals surface area (Å²) < 4.78 is 71.9. The van der Waals surface area contributed by atoms with Crippen LogP contribution in [0.25, 0.3) is 16.6 Å². The molecule has 374 valence electrons. The number of hydrogen-bond acceptors (Lipinski definition) is 12. The summed E-state index contributed by atoms with van der Waals surface area (Å²) >= 11 is 0. The minimum absolute atomic E-state index is 0.0240. The van der Waals surface area contributed by atoms with Gasteiger partial charge in [0.05, 0.1) is 34.5 Å². The van der Waals surface area contributed by atoms with Crippen LogP contribution < -0.4 is 25.2 Å². The number of piperidine rings is 3. The molecule has 11 rings (SSSR count). The molecule has 1 aliphatic carbocycles. The minimum Gasteiger partial charge on any atom is -0.453 e. The van der Waals surface area contributed by atoms with Crippen molar-refractivity contribution >= 4 is 50.2 Å². The van der Waals surface area contributed by atoms with Gasteiger partial charge in [-0.2, -0.15) is 18.0 Å². The van der Waals surface area contributed by atoms with E-state index in [1.165, 1.54) is 34.7 Å². The third kappa shape index (κ3) is 9.30. The fraction of sp³-hybridized carbons (Fsp3) is 0.423. The van der Waals surface area contributed by atoms with E-state index in [1.807, 2.05) is 30.3 Å². The number of amides is 3. The Morgan fingerprint density at radius 1 is 0.833 bits per heavy atom. The van der Waals surface area contributed by atoms with Crippen molar-refractivity contribution in [2.24, 2.45) is 0 Å². The quantitative estimate of drug-likeness (QED) is 0.138. The standard InChI is InChI=1S/C52H53F2N9O8S/c53-34-15-22-61(29-34)72(68,69)58-46-10-8-44(54)49(43(46)27-55)71-39-6-9-45-42(26-39)52(67)63(30-56-45)35-3-1-31(2-4-35)32-13-18-60(19-14-32)37-24-40(25-37)70-38-16-20-59(21-17-38)36-5-7-41-33(23-36)28-62(51(41)66)47-11-12-48(64)57-50(47)65/h1-10,23,26,30,32,34,37-38,40,47,58H,11-22,24-25,28-29H2,(H,57,64,65)/t34-,37?,40?,47?/m1/s1. The maximum Gasteiger partial charge on any atom is 0.301 e. The van der Waals surface area contributed by atoms with E-state index in [2.05, 4.69) is 43.0 Å². The Balaban J connectivity index is 0.653. The molecule has 17 nitrogen and oxygen atoms in total. The number of aromatic nitrogens is 2. The normalized spacial score (nSPS) is 23.5. The summed E-state index contributed by atoms with van der Waals surface area (Å²) in [5.74, 6) is -1.93. The van der Waals surface area contributed by atoms with E-state index in [0.717, 1.165) is 92.4 Å². The van der Waals surface area contributed by atoms with Crippen molar-refractivity contribution in [1.82, 2.24) is 29.0 Å². The summed E-state index contributed by atoms with van der Waals surface area (Å²) in [5, 5.41) is 12.5. The van der Waals surface area contributed by atoms with Crippen LogP contribution in [0, 0.1) is 17.1 Å². The maximum atomic E-state index is 15.2. The van der Waals surface area contributed by atoms with Gasteiger partial charge in [0, 0.05) is 56.4 Å². The smallest absolute Gasteiger partial charge is 0.301 e. The first-order chi connectivity index (χ1) is 34.8. The van der Waals surface area contributed by atoms with Gasteiger partial charge in [0.2, 0.25) is 11.8 Å². The lowest BCUT2D eigenvalue weighted by Gasteiger charge is -2.47. The summed E-state index contributed by atoms with van der Waals surface area (Å²) in [7, 11) is -4.24. The Labute approximate surface area is 414 Å². The summed E-state index contributed by atoms with van der Waals surface area (Å²) in [5.41, 5.74) is 3.73. The van der Waals surface area contributed by atoms with E-state index in [9.17, 15) is 37.2 Å². The molecule has 0 spiro atoms. The molecule has 0 bridgehead atoms. The molecule has 0 radical (unpaired) electrons. The highest BCUT2D eigenvalue weighted by atomic mass is 32.2. The van der Waals surface area contributed by atoms with Crippen molar-refractivity contribution in [2.45, 2.75) is 101 Å². The fourth-order valence-corrected chi connectivity index (χ4v) is 12.4. The van der Waals surface area contributed by atoms with Crippen LogP contribution in [0.3, 0.4) is 0 Å². The lowest BCUT2D eigenvalue weighted by molar-refractivity contribution is -0.136. The van der Waals surface area contributed by atoms with Crippen molar-refractivity contribution < 1.29 is 41.1 Å². The van der Waals surface area contributed by atoms with E-state index in [-0.39, 0.29) is 66.8 Å². The Morgan fingerprint density at radius 2 is 1.60 bits per heavy atom. The van der Waals surface area contributed by atoms with Crippen LogP contribution in [0.1, 0.15) is 90.8 Å². The van der Waals surface area contributed by atoms with Crippen molar-refractivity contribution in [3.05, 3.63) is 118 Å². The summed E-state index contributed by atoms with van der Waals surface area (Å²) in [4.78, 5) is 62.2. The molecule has 72 heavy (non-hydrogen) atoms. The third-order valence-electron chi connectivity index (χ3n) is 15.3. The van der Waals surface area contributed by atoms with E-state index in [1.54, 1.807) is 4.90 Å². The zero-order valence-electron chi connectivity index (χ0n) is 39.3. The second kappa shape index (κ2) is 19.3. The second-order valence-corrected chi connectivity index (χ2v) is 21.3. The molecular formula is C52H53F2N9O8S. The zero-order chi connectivity index (χ0) is 49.8. The number of imide groups is 1. The molecule has 6 aliphatic rings. The summed E-state index contributed by atoms with van der Waals surface area (Å²) in [6.45, 7) is 3.71. The molecule has 6 heterocycles. The van der Waals surface area contributed by atoms with Crippen molar-refractivity contribution in [3.63, 3.8) is 0 Å². The van der Waals surface area contributed by atoms with Crippen LogP contribution in [0.2, 0.25) is 0 Å². The Hall–Kier alpha value is -6.79. The number of nitrogens with zero attached hydrogens (tertiary/aromatic N) is 7. The Morgan fingerprint density at radius 3 is 2.32 bits per heavy atom. The molecule has 5 fully saturated rings. The van der Waals surface area contributed by atoms with Crippen LogP contribution in [-0.2, 0) is 31.1 Å². The van der Waals surface area contributed by atoms with Gasteiger partial charge >= 0.3 is 10.2 Å². The van der Waals surface area contributed by atoms with Gasteiger partial charge in [0.15, 0.2) is 11.6 Å². The van der Waals surface area contributed by atoms with Gasteiger partial charge in [-0.25, -0.2) is 13.8 Å². The lowest BCUT2D eigenvalue weighted by atomic mass is 9.83. The lowest BCUT2D eigenvalue weighted by Crippen LogP contribution is -2.52. The van der Waals surface area contributed by atoms with E-state index in [0.29, 0.717) is 41.7 Å². The summed E-state index contributed by atoms with van der Waals surface area (Å²) in [6, 6.07) is 22.0. The molecule has 5 aromatic rings. The topological polar surface area (TPSA) is 200 Å². The van der Waals surface area contributed by atoms with Gasteiger partial charge in [0.1, 0.15) is 35.9 Å². The van der Waals surface area contributed by atoms with Crippen molar-refractivity contribution in [1.29, 1.82) is 5.26 Å². The first-order valence-electron chi connectivity index (χ1n) is 24.6. The third-order valence-corrected chi connectivity index (χ3v) is 16.8. The van der Waals surface area contributed by atoms with Gasteiger partial charge in [0.25, 0.3) is 11.5 Å². The van der Waals surface area contributed by atoms with Crippen molar-refractivity contribution in [3.8, 4) is 23.3 Å². The number of rotatable bonds is 12. The van der Waals surface area contributed by atoms with Crippen LogP contribution in [0.15, 0.2) is 83.9 Å². The largest absolute Gasteiger partial charge is 0.453 e. The molecule has 2 N–H and O–H groups in total. The number of alkyl halides is 1. The average Bonchev–Trinajstić information content (AvgIpc) is 3.96. The van der Waals surface area contributed by atoms with Crippen LogP contribution >= 0.6 is 0 Å². The first-order valence-corrected chi connectivity index (χ1v) is 26.1. The number of carbonyl (C=O) groups is 3. The summed E-state index contributed by atoms with van der Waals surface area (Å²) in [6.07, 6.45) is 7.19. The fourth-order valence-electron chi connectivity index (χ4n) is 11.2. The minimum atomic E-state index is -4.24. The second-order valence-electron chi connectivity index (χ2n) is 19.7. The molecule has 1 saturated carbocycles. The number of anilines is 2. The number of carbonyl (C=O) groups excluding carboxylic acids is 3. The van der Waals surface area contributed by atoms with E-state index >= 15 is 4.39 Å². The molecule has 1 aromatic heterocycles. The number of nitrogens with one attached hydrogen (secondary N) is 2. The van der Waals surface area contributed by atoms with Gasteiger partial charge in [-0.05, 0) is 142 Å². The Bertz CT molecular complexity index is 3180. The number of ether oxygens (including phenoxy) is 2. The number of benzene rings is 4. The Kier molecular flexibility index (Phi) is 12.8. The number of fused-ring (bicyclic) bond motifs is 2.